The van der Waals surface area contributed by atoms with Crippen LogP contribution in [0.25, 0.3) is 0 Å². The largest absolute Gasteiger partial charge is 0.314 e. The first kappa shape index (κ1) is 16.2. The van der Waals surface area contributed by atoms with Crippen molar-refractivity contribution in [1.82, 2.24) is 9.62 Å². The Hall–Kier alpha value is -0.690. The summed E-state index contributed by atoms with van der Waals surface area (Å²) in [5.74, 6) is 0.184. The number of halogens is 2. The van der Waals surface area contributed by atoms with E-state index in [1.807, 2.05) is 0 Å². The van der Waals surface area contributed by atoms with Crippen LogP contribution in [0, 0.1) is 11.7 Å². The van der Waals surface area contributed by atoms with Crippen molar-refractivity contribution in [3.63, 3.8) is 0 Å². The predicted molar refractivity (Wildman–Crippen MR) is 83.9 cm³/mol. The van der Waals surface area contributed by atoms with Crippen LogP contribution in [-0.2, 0) is 10.0 Å². The summed E-state index contributed by atoms with van der Waals surface area (Å²) in [4.78, 5) is -0.0677. The van der Waals surface area contributed by atoms with Gasteiger partial charge in [-0.3, -0.25) is 0 Å². The molecule has 2 fully saturated rings. The van der Waals surface area contributed by atoms with Crippen molar-refractivity contribution in [2.75, 3.05) is 19.6 Å². The van der Waals surface area contributed by atoms with Gasteiger partial charge < -0.3 is 5.32 Å². The highest BCUT2D eigenvalue weighted by Gasteiger charge is 2.30. The molecule has 0 aromatic heterocycles. The summed E-state index contributed by atoms with van der Waals surface area (Å²) in [6, 6.07) is 3.81. The van der Waals surface area contributed by atoms with Gasteiger partial charge in [-0.25, -0.2) is 12.8 Å². The van der Waals surface area contributed by atoms with Gasteiger partial charge in [0.25, 0.3) is 0 Å². The molecular weight excluding hydrogens is 327 g/mol. The molecule has 0 amide bonds. The maximum absolute atomic E-state index is 13.4. The summed E-state index contributed by atoms with van der Waals surface area (Å²) in [5, 5.41) is 3.61. The number of rotatable bonds is 5. The van der Waals surface area contributed by atoms with Crippen LogP contribution in [-0.4, -0.2) is 38.4 Å². The third-order valence-electron chi connectivity index (χ3n) is 4.32. The molecule has 0 unspecified atom stereocenters. The molecule has 0 atom stereocenters. The van der Waals surface area contributed by atoms with Gasteiger partial charge in [-0.05, 0) is 56.3 Å². The molecule has 1 aromatic rings. The fourth-order valence-electron chi connectivity index (χ4n) is 2.78. The van der Waals surface area contributed by atoms with Crippen LogP contribution >= 0.6 is 11.6 Å². The van der Waals surface area contributed by atoms with E-state index in [0.29, 0.717) is 19.1 Å². The van der Waals surface area contributed by atoms with Crippen LogP contribution in [0.2, 0.25) is 5.02 Å². The first-order chi connectivity index (χ1) is 10.4. The number of hydrogen-bond acceptors (Lipinski definition) is 3. The Morgan fingerprint density at radius 1 is 1.18 bits per heavy atom. The van der Waals surface area contributed by atoms with Crippen molar-refractivity contribution in [2.24, 2.45) is 5.92 Å². The molecule has 1 aromatic carbocycles. The molecule has 1 saturated heterocycles. The minimum Gasteiger partial charge on any atom is -0.314 e. The molecule has 22 heavy (non-hydrogen) atoms. The van der Waals surface area contributed by atoms with Gasteiger partial charge in [-0.15, -0.1) is 0 Å². The Morgan fingerprint density at radius 2 is 1.86 bits per heavy atom. The van der Waals surface area contributed by atoms with Gasteiger partial charge in [0.1, 0.15) is 5.82 Å². The molecule has 1 N–H and O–H groups in total. The predicted octanol–water partition coefficient (Wildman–Crippen LogP) is 2.63. The van der Waals surface area contributed by atoms with Crippen molar-refractivity contribution < 1.29 is 12.8 Å². The number of sulfonamides is 1. The summed E-state index contributed by atoms with van der Waals surface area (Å²) in [5.41, 5.74) is 0. The second-order valence-electron chi connectivity index (χ2n) is 6.14. The van der Waals surface area contributed by atoms with Crippen molar-refractivity contribution >= 4 is 21.6 Å². The van der Waals surface area contributed by atoms with Gasteiger partial charge in [0, 0.05) is 24.2 Å². The molecule has 0 radical (unpaired) electrons. The minimum atomic E-state index is -3.67. The molecule has 4 nitrogen and oxygen atoms in total. The van der Waals surface area contributed by atoms with Crippen molar-refractivity contribution in [2.45, 2.75) is 36.6 Å². The zero-order valence-electron chi connectivity index (χ0n) is 12.3. The fraction of sp³-hybridized carbons (Fsp3) is 0.600. The molecule has 1 heterocycles. The molecule has 7 heteroatoms. The van der Waals surface area contributed by atoms with Crippen molar-refractivity contribution in [3.05, 3.63) is 29.0 Å². The Balaban J connectivity index is 1.63. The maximum Gasteiger partial charge on any atom is 0.243 e. The standard InChI is InChI=1S/C15H20ClFN2O2S/c16-12-7-13(17)9-15(8-12)22(20,21)19-5-3-14(4-6-19)18-10-11-1-2-11/h7-9,11,14,18H,1-6,10H2. The second-order valence-corrected chi connectivity index (χ2v) is 8.51. The van der Waals surface area contributed by atoms with Gasteiger partial charge in [0.15, 0.2) is 0 Å². The van der Waals surface area contributed by atoms with Crippen LogP contribution < -0.4 is 5.32 Å². The SMILES string of the molecule is O=S(=O)(c1cc(F)cc(Cl)c1)N1CCC(NCC2CC2)CC1. The van der Waals surface area contributed by atoms with E-state index >= 15 is 0 Å². The Kier molecular flexibility index (Phi) is 4.73. The average molecular weight is 347 g/mol. The van der Waals surface area contributed by atoms with Crippen molar-refractivity contribution in [3.8, 4) is 0 Å². The topological polar surface area (TPSA) is 49.4 Å². The average Bonchev–Trinajstić information content (AvgIpc) is 3.29. The Bertz CT molecular complexity index is 621. The molecule has 1 aliphatic carbocycles. The lowest BCUT2D eigenvalue weighted by Gasteiger charge is -2.31. The lowest BCUT2D eigenvalue weighted by Crippen LogP contribution is -2.45. The quantitative estimate of drug-likeness (QED) is 0.891. The van der Waals surface area contributed by atoms with Gasteiger partial charge in [0.05, 0.1) is 4.90 Å². The van der Waals surface area contributed by atoms with Crippen LogP contribution in [0.5, 0.6) is 0 Å². The van der Waals surface area contributed by atoms with E-state index in [1.165, 1.54) is 23.2 Å². The van der Waals surface area contributed by atoms with Gasteiger partial charge in [0.2, 0.25) is 10.0 Å². The number of nitrogens with one attached hydrogen (secondary N) is 1. The summed E-state index contributed by atoms with van der Waals surface area (Å²) in [7, 11) is -3.67. The lowest BCUT2D eigenvalue weighted by molar-refractivity contribution is 0.288. The molecule has 0 bridgehead atoms. The molecule has 2 aliphatic rings. The zero-order chi connectivity index (χ0) is 15.7. The summed E-state index contributed by atoms with van der Waals surface area (Å²) >= 11 is 5.76. The first-order valence-electron chi connectivity index (χ1n) is 7.65. The van der Waals surface area contributed by atoms with E-state index in [9.17, 15) is 12.8 Å². The van der Waals surface area contributed by atoms with Crippen LogP contribution in [0.3, 0.4) is 0 Å². The van der Waals surface area contributed by atoms with E-state index in [4.69, 9.17) is 11.6 Å². The smallest absolute Gasteiger partial charge is 0.243 e. The first-order valence-corrected chi connectivity index (χ1v) is 9.46. The van der Waals surface area contributed by atoms with E-state index in [-0.39, 0.29) is 9.92 Å². The molecule has 122 valence electrons. The minimum absolute atomic E-state index is 0.0677. The highest BCUT2D eigenvalue weighted by Crippen LogP contribution is 2.28. The monoisotopic (exact) mass is 346 g/mol. The third kappa shape index (κ3) is 3.79. The fourth-order valence-corrected chi connectivity index (χ4v) is 4.60. The maximum atomic E-state index is 13.4. The van der Waals surface area contributed by atoms with E-state index in [1.54, 1.807) is 0 Å². The summed E-state index contributed by atoms with van der Waals surface area (Å²) in [6.07, 6.45) is 4.19. The highest BCUT2D eigenvalue weighted by molar-refractivity contribution is 7.89. The lowest BCUT2D eigenvalue weighted by atomic mass is 10.1. The number of benzene rings is 1. The van der Waals surface area contributed by atoms with Gasteiger partial charge >= 0.3 is 0 Å². The van der Waals surface area contributed by atoms with Crippen LogP contribution in [0.15, 0.2) is 23.1 Å². The van der Waals surface area contributed by atoms with E-state index in [0.717, 1.165) is 37.4 Å². The summed E-state index contributed by atoms with van der Waals surface area (Å²) < 4.78 is 39.9. The van der Waals surface area contributed by atoms with E-state index < -0.39 is 15.8 Å². The summed E-state index contributed by atoms with van der Waals surface area (Å²) in [6.45, 7) is 1.95. The zero-order valence-corrected chi connectivity index (χ0v) is 13.8. The third-order valence-corrected chi connectivity index (χ3v) is 6.41. The molecule has 1 aliphatic heterocycles. The van der Waals surface area contributed by atoms with Gasteiger partial charge in [-0.2, -0.15) is 4.31 Å². The molecule has 3 rings (SSSR count). The second kappa shape index (κ2) is 6.43. The molecule has 0 spiro atoms. The highest BCUT2D eigenvalue weighted by atomic mass is 35.5. The molecular formula is C15H20ClFN2O2S. The molecule has 1 saturated carbocycles. The normalized spacial score (nSPS) is 21.2. The van der Waals surface area contributed by atoms with Gasteiger partial charge in [-0.1, -0.05) is 11.6 Å². The number of hydrogen-bond donors (Lipinski definition) is 1. The van der Waals surface area contributed by atoms with Crippen LogP contribution in [0.4, 0.5) is 4.39 Å². The number of piperidine rings is 1. The van der Waals surface area contributed by atoms with E-state index in [2.05, 4.69) is 5.32 Å². The Morgan fingerprint density at radius 3 is 2.45 bits per heavy atom. The number of nitrogens with zero attached hydrogens (tertiary/aromatic N) is 1. The Labute approximate surface area is 135 Å². The van der Waals surface area contributed by atoms with Crippen LogP contribution in [0.1, 0.15) is 25.7 Å². The van der Waals surface area contributed by atoms with Crippen molar-refractivity contribution in [1.29, 1.82) is 0 Å².